The number of carbonyl (C=O) groups is 1. The molecular weight excluding hydrogens is 340 g/mol. The van der Waals surface area contributed by atoms with E-state index in [2.05, 4.69) is 29.3 Å². The quantitative estimate of drug-likeness (QED) is 0.900. The van der Waals surface area contributed by atoms with Crippen LogP contribution in [0.4, 0.5) is 5.69 Å². The molecule has 0 bridgehead atoms. The smallest absolute Gasteiger partial charge is 0.238 e. The van der Waals surface area contributed by atoms with E-state index in [-0.39, 0.29) is 11.9 Å². The van der Waals surface area contributed by atoms with Crippen molar-refractivity contribution in [2.24, 2.45) is 0 Å². The van der Waals surface area contributed by atoms with Crippen molar-refractivity contribution in [1.29, 1.82) is 0 Å². The van der Waals surface area contributed by atoms with Gasteiger partial charge in [-0.05, 0) is 61.2 Å². The van der Waals surface area contributed by atoms with Crippen LogP contribution in [-0.2, 0) is 11.2 Å². The van der Waals surface area contributed by atoms with Gasteiger partial charge in [0, 0.05) is 24.7 Å². The van der Waals surface area contributed by atoms with Crippen molar-refractivity contribution in [1.82, 2.24) is 4.90 Å². The predicted molar refractivity (Wildman–Crippen MR) is 106 cm³/mol. The van der Waals surface area contributed by atoms with Gasteiger partial charge in [0.25, 0.3) is 0 Å². The number of aryl methyl sites for hydroxylation is 1. The Morgan fingerprint density at radius 3 is 2.74 bits per heavy atom. The van der Waals surface area contributed by atoms with Crippen LogP contribution in [0, 0.1) is 6.92 Å². The first-order valence-electron chi connectivity index (χ1n) is 9.63. The standard InChI is InChI=1S/C22H26N2O3/c1-15-5-3-6-18(11-15)23-22(25)14-24-8-7-17-12-20-21(13-19(17)16(24)2)27-10-4-9-26-20/h3,5-6,11-13,16H,4,7-10,14H2,1-2H3,(H,23,25)/t16-/m1/s1. The second kappa shape index (κ2) is 7.61. The molecule has 2 aromatic carbocycles. The van der Waals surface area contributed by atoms with E-state index in [1.165, 1.54) is 11.1 Å². The molecule has 5 nitrogen and oxygen atoms in total. The lowest BCUT2D eigenvalue weighted by atomic mass is 9.93. The maximum absolute atomic E-state index is 12.5. The van der Waals surface area contributed by atoms with E-state index in [9.17, 15) is 4.79 Å². The van der Waals surface area contributed by atoms with Crippen molar-refractivity contribution in [3.05, 3.63) is 53.1 Å². The molecule has 0 saturated carbocycles. The largest absolute Gasteiger partial charge is 0.490 e. The van der Waals surface area contributed by atoms with E-state index >= 15 is 0 Å². The van der Waals surface area contributed by atoms with Crippen LogP contribution >= 0.6 is 0 Å². The fourth-order valence-corrected chi connectivity index (χ4v) is 3.85. The summed E-state index contributed by atoms with van der Waals surface area (Å²) in [5, 5.41) is 3.01. The van der Waals surface area contributed by atoms with Gasteiger partial charge >= 0.3 is 0 Å². The molecule has 1 N–H and O–H groups in total. The third-order valence-corrected chi connectivity index (χ3v) is 5.32. The Morgan fingerprint density at radius 2 is 1.96 bits per heavy atom. The van der Waals surface area contributed by atoms with Crippen LogP contribution in [0.1, 0.15) is 36.1 Å². The molecule has 2 aliphatic heterocycles. The van der Waals surface area contributed by atoms with Gasteiger partial charge in [0.15, 0.2) is 11.5 Å². The molecule has 5 heteroatoms. The molecule has 2 heterocycles. The molecule has 142 valence electrons. The summed E-state index contributed by atoms with van der Waals surface area (Å²) in [7, 11) is 0. The van der Waals surface area contributed by atoms with Gasteiger partial charge in [0.1, 0.15) is 0 Å². The van der Waals surface area contributed by atoms with Crippen LogP contribution in [0.3, 0.4) is 0 Å². The van der Waals surface area contributed by atoms with Gasteiger partial charge in [0.2, 0.25) is 5.91 Å². The topological polar surface area (TPSA) is 50.8 Å². The molecule has 0 aliphatic carbocycles. The highest BCUT2D eigenvalue weighted by Crippen LogP contribution is 2.39. The van der Waals surface area contributed by atoms with E-state index < -0.39 is 0 Å². The summed E-state index contributed by atoms with van der Waals surface area (Å²) in [6, 6.07) is 12.3. The molecule has 0 spiro atoms. The minimum Gasteiger partial charge on any atom is -0.490 e. The lowest BCUT2D eigenvalue weighted by Crippen LogP contribution is -2.39. The first kappa shape index (κ1) is 17.9. The van der Waals surface area contributed by atoms with Gasteiger partial charge in [-0.3, -0.25) is 9.69 Å². The van der Waals surface area contributed by atoms with Gasteiger partial charge in [-0.25, -0.2) is 0 Å². The number of hydrogen-bond donors (Lipinski definition) is 1. The zero-order valence-electron chi connectivity index (χ0n) is 16.0. The molecule has 4 rings (SSSR count). The summed E-state index contributed by atoms with van der Waals surface area (Å²) < 4.78 is 11.7. The summed E-state index contributed by atoms with van der Waals surface area (Å²) in [6.07, 6.45) is 1.81. The third-order valence-electron chi connectivity index (χ3n) is 5.32. The minimum absolute atomic E-state index is 0.0187. The van der Waals surface area contributed by atoms with Crippen molar-refractivity contribution < 1.29 is 14.3 Å². The SMILES string of the molecule is Cc1cccc(NC(=O)CN2CCc3cc4c(cc3[C@H]2C)OCCCO4)c1. The third kappa shape index (κ3) is 3.93. The number of fused-ring (bicyclic) bond motifs is 2. The van der Waals surface area contributed by atoms with Crippen molar-refractivity contribution in [2.75, 3.05) is 31.6 Å². The molecule has 27 heavy (non-hydrogen) atoms. The Hall–Kier alpha value is -2.53. The second-order valence-corrected chi connectivity index (χ2v) is 7.36. The van der Waals surface area contributed by atoms with Crippen molar-refractivity contribution in [3.63, 3.8) is 0 Å². The number of nitrogens with one attached hydrogen (secondary N) is 1. The molecular formula is C22H26N2O3. The van der Waals surface area contributed by atoms with Gasteiger partial charge in [-0.15, -0.1) is 0 Å². The zero-order valence-corrected chi connectivity index (χ0v) is 16.0. The van der Waals surface area contributed by atoms with Crippen LogP contribution in [0.5, 0.6) is 11.5 Å². The summed E-state index contributed by atoms with van der Waals surface area (Å²) in [5.41, 5.74) is 4.51. The van der Waals surface area contributed by atoms with Gasteiger partial charge in [-0.2, -0.15) is 0 Å². The highest BCUT2D eigenvalue weighted by molar-refractivity contribution is 5.92. The number of nitrogens with zero attached hydrogens (tertiary/aromatic N) is 1. The van der Waals surface area contributed by atoms with Crippen LogP contribution in [-0.4, -0.2) is 37.1 Å². The van der Waals surface area contributed by atoms with Crippen molar-refractivity contribution in [3.8, 4) is 11.5 Å². The van der Waals surface area contributed by atoms with E-state index in [0.29, 0.717) is 19.8 Å². The molecule has 2 aromatic rings. The monoisotopic (exact) mass is 366 g/mol. The van der Waals surface area contributed by atoms with E-state index in [0.717, 1.165) is 42.1 Å². The summed E-state index contributed by atoms with van der Waals surface area (Å²) in [4.78, 5) is 14.7. The van der Waals surface area contributed by atoms with Crippen LogP contribution in [0.25, 0.3) is 0 Å². The Bertz CT molecular complexity index is 849. The van der Waals surface area contributed by atoms with Crippen molar-refractivity contribution >= 4 is 11.6 Å². The maximum atomic E-state index is 12.5. The number of amides is 1. The van der Waals surface area contributed by atoms with E-state index in [1.807, 2.05) is 31.2 Å². The number of hydrogen-bond acceptors (Lipinski definition) is 4. The minimum atomic E-state index is 0.0187. The average Bonchev–Trinajstić information content (AvgIpc) is 2.87. The predicted octanol–water partition coefficient (Wildman–Crippen LogP) is 3.71. The van der Waals surface area contributed by atoms with E-state index in [4.69, 9.17) is 9.47 Å². The maximum Gasteiger partial charge on any atom is 0.238 e. The summed E-state index contributed by atoms with van der Waals surface area (Å²) >= 11 is 0. The number of benzene rings is 2. The first-order chi connectivity index (χ1) is 13.1. The molecule has 0 aromatic heterocycles. The molecule has 0 fully saturated rings. The van der Waals surface area contributed by atoms with Crippen LogP contribution in [0.15, 0.2) is 36.4 Å². The molecule has 1 amide bonds. The first-order valence-corrected chi connectivity index (χ1v) is 9.63. The fourth-order valence-electron chi connectivity index (χ4n) is 3.85. The van der Waals surface area contributed by atoms with Crippen LogP contribution < -0.4 is 14.8 Å². The fraction of sp³-hybridized carbons (Fsp3) is 0.409. The summed E-state index contributed by atoms with van der Waals surface area (Å²) in [6.45, 7) is 6.79. The number of carbonyl (C=O) groups excluding carboxylic acids is 1. The Balaban J connectivity index is 1.47. The molecule has 0 saturated heterocycles. The highest BCUT2D eigenvalue weighted by Gasteiger charge is 2.27. The Labute approximate surface area is 160 Å². The summed E-state index contributed by atoms with van der Waals surface area (Å²) in [5.74, 6) is 1.69. The molecule has 1 atom stereocenters. The molecule has 0 radical (unpaired) electrons. The second-order valence-electron chi connectivity index (χ2n) is 7.36. The Kier molecular flexibility index (Phi) is 5.03. The average molecular weight is 366 g/mol. The van der Waals surface area contributed by atoms with E-state index in [1.54, 1.807) is 0 Å². The number of rotatable bonds is 3. The normalized spacial score (nSPS) is 19.1. The number of ether oxygens (including phenoxy) is 2. The van der Waals surface area contributed by atoms with Crippen LogP contribution in [0.2, 0.25) is 0 Å². The van der Waals surface area contributed by atoms with Crippen molar-refractivity contribution in [2.45, 2.75) is 32.7 Å². The molecule has 2 aliphatic rings. The lowest BCUT2D eigenvalue weighted by molar-refractivity contribution is -0.117. The Morgan fingerprint density at radius 1 is 1.19 bits per heavy atom. The van der Waals surface area contributed by atoms with Gasteiger partial charge in [-0.1, -0.05) is 12.1 Å². The van der Waals surface area contributed by atoms with Gasteiger partial charge < -0.3 is 14.8 Å². The van der Waals surface area contributed by atoms with Gasteiger partial charge in [0.05, 0.1) is 19.8 Å². The molecule has 0 unspecified atom stereocenters. The number of anilines is 1. The highest BCUT2D eigenvalue weighted by atomic mass is 16.5. The lowest BCUT2D eigenvalue weighted by Gasteiger charge is -2.35. The zero-order chi connectivity index (χ0) is 18.8.